The van der Waals surface area contributed by atoms with E-state index in [1.54, 1.807) is 6.07 Å². The van der Waals surface area contributed by atoms with Crippen molar-refractivity contribution in [3.05, 3.63) is 17.0 Å². The minimum atomic E-state index is -3.32. The van der Waals surface area contributed by atoms with Gasteiger partial charge in [0.05, 0.1) is 0 Å². The summed E-state index contributed by atoms with van der Waals surface area (Å²) < 4.78 is 27.8. The normalized spacial score (nSPS) is 17.7. The molecule has 0 aliphatic heterocycles. The van der Waals surface area contributed by atoms with Crippen LogP contribution in [0, 0.1) is 0 Å². The maximum Gasteiger partial charge on any atom is 0.250 e. The number of sulfonamides is 1. The molecule has 0 unspecified atom stereocenters. The highest BCUT2D eigenvalue weighted by Crippen LogP contribution is 2.24. The van der Waals surface area contributed by atoms with Crippen LogP contribution >= 0.6 is 11.3 Å². The molecule has 4 nitrogen and oxygen atoms in total. The number of rotatable bonds is 6. The Morgan fingerprint density at radius 3 is 2.68 bits per heavy atom. The first-order chi connectivity index (χ1) is 9.12. The van der Waals surface area contributed by atoms with Gasteiger partial charge in [0.1, 0.15) is 4.21 Å². The van der Waals surface area contributed by atoms with E-state index in [0.29, 0.717) is 4.21 Å². The molecule has 0 bridgehead atoms. The molecule has 1 heterocycles. The van der Waals surface area contributed by atoms with Gasteiger partial charge in [-0.3, -0.25) is 0 Å². The maximum atomic E-state index is 12.3. The molecule has 1 aromatic heterocycles. The molecular weight excluding hydrogens is 280 g/mol. The predicted molar refractivity (Wildman–Crippen MR) is 78.9 cm³/mol. The van der Waals surface area contributed by atoms with E-state index < -0.39 is 10.0 Å². The molecule has 0 radical (unpaired) electrons. The highest BCUT2D eigenvalue weighted by Gasteiger charge is 2.23. The van der Waals surface area contributed by atoms with Crippen molar-refractivity contribution in [2.24, 2.45) is 0 Å². The summed E-state index contributed by atoms with van der Waals surface area (Å²) >= 11 is 1.36. The van der Waals surface area contributed by atoms with Crippen LogP contribution in [0.15, 0.2) is 16.3 Å². The lowest BCUT2D eigenvalue weighted by atomic mass is 9.96. The first-order valence-electron chi connectivity index (χ1n) is 6.93. The van der Waals surface area contributed by atoms with Crippen molar-refractivity contribution in [2.75, 3.05) is 6.54 Å². The molecule has 2 rings (SSSR count). The molecule has 2 N–H and O–H groups in total. The van der Waals surface area contributed by atoms with Crippen LogP contribution in [0.5, 0.6) is 0 Å². The first-order valence-corrected chi connectivity index (χ1v) is 9.23. The Labute approximate surface area is 119 Å². The summed E-state index contributed by atoms with van der Waals surface area (Å²) in [4.78, 5) is 1.06. The summed E-state index contributed by atoms with van der Waals surface area (Å²) in [5.41, 5.74) is 0. The van der Waals surface area contributed by atoms with E-state index in [-0.39, 0.29) is 6.04 Å². The summed E-state index contributed by atoms with van der Waals surface area (Å²) in [5.74, 6) is 0. The molecule has 1 saturated carbocycles. The fourth-order valence-electron chi connectivity index (χ4n) is 2.34. The van der Waals surface area contributed by atoms with Crippen LogP contribution in [-0.4, -0.2) is 21.0 Å². The molecule has 1 aliphatic rings. The van der Waals surface area contributed by atoms with Gasteiger partial charge in [-0.1, -0.05) is 26.2 Å². The van der Waals surface area contributed by atoms with Crippen LogP contribution in [0.1, 0.15) is 43.9 Å². The summed E-state index contributed by atoms with van der Waals surface area (Å²) in [6, 6.07) is 3.73. The van der Waals surface area contributed by atoms with E-state index in [1.165, 1.54) is 17.8 Å². The Kier molecular flexibility index (Phi) is 5.38. The lowest BCUT2D eigenvalue weighted by Gasteiger charge is -2.22. The van der Waals surface area contributed by atoms with Crippen LogP contribution in [0.25, 0.3) is 0 Å². The molecule has 0 aromatic carbocycles. The lowest BCUT2D eigenvalue weighted by Crippen LogP contribution is -2.35. The Morgan fingerprint density at radius 1 is 1.26 bits per heavy atom. The van der Waals surface area contributed by atoms with E-state index >= 15 is 0 Å². The molecule has 1 aromatic rings. The maximum absolute atomic E-state index is 12.3. The molecule has 108 valence electrons. The summed E-state index contributed by atoms with van der Waals surface area (Å²) in [6.45, 7) is 3.66. The largest absolute Gasteiger partial charge is 0.312 e. The number of nitrogens with one attached hydrogen (secondary N) is 2. The minimum absolute atomic E-state index is 0.123. The second kappa shape index (κ2) is 6.83. The van der Waals surface area contributed by atoms with E-state index in [9.17, 15) is 8.42 Å². The third kappa shape index (κ3) is 4.27. The van der Waals surface area contributed by atoms with Crippen molar-refractivity contribution < 1.29 is 8.42 Å². The zero-order valence-corrected chi connectivity index (χ0v) is 12.9. The molecule has 1 aliphatic carbocycles. The first kappa shape index (κ1) is 15.0. The second-order valence-corrected chi connectivity index (χ2v) is 8.07. The van der Waals surface area contributed by atoms with Crippen LogP contribution < -0.4 is 10.0 Å². The van der Waals surface area contributed by atoms with Gasteiger partial charge < -0.3 is 5.32 Å². The standard InChI is InChI=1S/C13H22N2O2S2/c1-2-14-10-12-8-9-13(18-12)19(16,17)15-11-6-4-3-5-7-11/h8-9,11,14-15H,2-7,10H2,1H3. The van der Waals surface area contributed by atoms with Crippen molar-refractivity contribution in [1.29, 1.82) is 0 Å². The van der Waals surface area contributed by atoms with Crippen LogP contribution in [0.4, 0.5) is 0 Å². The molecule has 0 atom stereocenters. The monoisotopic (exact) mass is 302 g/mol. The third-order valence-electron chi connectivity index (χ3n) is 3.38. The van der Waals surface area contributed by atoms with Gasteiger partial charge >= 0.3 is 0 Å². The van der Waals surface area contributed by atoms with Crippen LogP contribution in [0.3, 0.4) is 0 Å². The van der Waals surface area contributed by atoms with Crippen molar-refractivity contribution in [3.63, 3.8) is 0 Å². The average Bonchev–Trinajstić information content (AvgIpc) is 2.86. The Bertz CT molecular complexity index is 490. The van der Waals surface area contributed by atoms with Crippen LogP contribution in [0.2, 0.25) is 0 Å². The van der Waals surface area contributed by atoms with E-state index in [2.05, 4.69) is 10.0 Å². The van der Waals surface area contributed by atoms with Gasteiger partial charge in [-0.05, 0) is 31.5 Å². The molecular formula is C13H22N2O2S2. The highest BCUT2D eigenvalue weighted by molar-refractivity contribution is 7.91. The lowest BCUT2D eigenvalue weighted by molar-refractivity contribution is 0.412. The molecule has 19 heavy (non-hydrogen) atoms. The third-order valence-corrected chi connectivity index (χ3v) is 6.48. The number of hydrogen-bond acceptors (Lipinski definition) is 4. The molecule has 0 amide bonds. The fourth-order valence-corrected chi connectivity index (χ4v) is 4.99. The van der Waals surface area contributed by atoms with Crippen molar-refractivity contribution in [3.8, 4) is 0 Å². The predicted octanol–water partition coefficient (Wildman–Crippen LogP) is 2.47. The quantitative estimate of drug-likeness (QED) is 0.848. The molecule has 0 saturated heterocycles. The van der Waals surface area contributed by atoms with E-state index in [4.69, 9.17) is 0 Å². The average molecular weight is 302 g/mol. The Hall–Kier alpha value is -0.430. The summed E-state index contributed by atoms with van der Waals surface area (Å²) in [5, 5.41) is 3.21. The van der Waals surface area contributed by atoms with Gasteiger partial charge in [-0.15, -0.1) is 11.3 Å². The Morgan fingerprint density at radius 2 is 2.00 bits per heavy atom. The van der Waals surface area contributed by atoms with Gasteiger partial charge in [-0.25, -0.2) is 13.1 Å². The zero-order chi connectivity index (χ0) is 13.7. The van der Waals surface area contributed by atoms with Crippen molar-refractivity contribution in [1.82, 2.24) is 10.0 Å². The minimum Gasteiger partial charge on any atom is -0.312 e. The van der Waals surface area contributed by atoms with Gasteiger partial charge in [-0.2, -0.15) is 0 Å². The number of hydrogen-bond donors (Lipinski definition) is 2. The van der Waals surface area contributed by atoms with Crippen molar-refractivity contribution in [2.45, 2.75) is 55.8 Å². The SMILES string of the molecule is CCNCc1ccc(S(=O)(=O)NC2CCCCC2)s1. The number of thiophene rings is 1. The second-order valence-electron chi connectivity index (χ2n) is 4.96. The molecule has 1 fully saturated rings. The van der Waals surface area contributed by atoms with Gasteiger partial charge in [0.2, 0.25) is 10.0 Å². The highest BCUT2D eigenvalue weighted by atomic mass is 32.2. The van der Waals surface area contributed by atoms with E-state index in [1.807, 2.05) is 13.0 Å². The van der Waals surface area contributed by atoms with Crippen molar-refractivity contribution >= 4 is 21.4 Å². The van der Waals surface area contributed by atoms with Gasteiger partial charge in [0.25, 0.3) is 0 Å². The zero-order valence-electron chi connectivity index (χ0n) is 11.3. The topological polar surface area (TPSA) is 58.2 Å². The molecule has 6 heteroatoms. The molecule has 0 spiro atoms. The van der Waals surface area contributed by atoms with Gasteiger partial charge in [0, 0.05) is 17.5 Å². The van der Waals surface area contributed by atoms with Gasteiger partial charge in [0.15, 0.2) is 0 Å². The fraction of sp³-hybridized carbons (Fsp3) is 0.692. The summed E-state index contributed by atoms with van der Waals surface area (Å²) in [6.07, 6.45) is 5.42. The van der Waals surface area contributed by atoms with E-state index in [0.717, 1.165) is 43.6 Å². The smallest absolute Gasteiger partial charge is 0.250 e. The Balaban J connectivity index is 1.99. The van der Waals surface area contributed by atoms with Crippen LogP contribution in [-0.2, 0) is 16.6 Å². The summed E-state index contributed by atoms with van der Waals surface area (Å²) in [7, 11) is -3.32.